The van der Waals surface area contributed by atoms with Gasteiger partial charge in [-0.3, -0.25) is 9.69 Å². The maximum Gasteiger partial charge on any atom is 0.341 e. The summed E-state index contributed by atoms with van der Waals surface area (Å²) in [5.41, 5.74) is 1.83. The Morgan fingerprint density at radius 2 is 1.97 bits per heavy atom. The molecule has 0 bridgehead atoms. The molecule has 10 heteroatoms. The summed E-state index contributed by atoms with van der Waals surface area (Å²) in [6, 6.07) is 10.3. The zero-order valence-corrected chi connectivity index (χ0v) is 21.5. The number of amides is 1. The molecule has 176 valence electrons. The Labute approximate surface area is 212 Å². The van der Waals surface area contributed by atoms with Crippen LogP contribution in [0.4, 0.5) is 5.00 Å². The molecule has 1 aliphatic heterocycles. The number of fused-ring (bicyclic) bond motifs is 1. The number of thiocarbonyl (C=S) groups is 1. The van der Waals surface area contributed by atoms with E-state index in [0.717, 1.165) is 36.5 Å². The minimum atomic E-state index is -1.09. The highest BCUT2D eigenvalue weighted by atomic mass is 35.5. The third-order valence-corrected chi connectivity index (χ3v) is 8.52. The van der Waals surface area contributed by atoms with E-state index in [2.05, 4.69) is 27.7 Å². The van der Waals surface area contributed by atoms with Gasteiger partial charge in [0.05, 0.1) is 17.6 Å². The summed E-state index contributed by atoms with van der Waals surface area (Å²) >= 11 is 19.0. The lowest BCUT2D eigenvalue weighted by atomic mass is 10.0. The van der Waals surface area contributed by atoms with Gasteiger partial charge in [0.1, 0.15) is 9.33 Å². The molecule has 1 amide bonds. The standard InChI is InChI=1S/C23H25Cl2N3O3S2/c1-3-31-19(29)17-15-9-10-28(11-14-7-5-4-6-8-14)12-16(15)33-18(17)26-21(32)27-20(30)22(2)13-23(22,24)25/h4-8H,3,9-13H2,1-2H3,(H2,26,27,30,32). The van der Waals surface area contributed by atoms with Crippen LogP contribution in [0.3, 0.4) is 0 Å². The van der Waals surface area contributed by atoms with Crippen LogP contribution in [-0.2, 0) is 29.0 Å². The van der Waals surface area contributed by atoms with Gasteiger partial charge in [0.2, 0.25) is 5.91 Å². The van der Waals surface area contributed by atoms with Gasteiger partial charge < -0.3 is 15.4 Å². The van der Waals surface area contributed by atoms with Gasteiger partial charge >= 0.3 is 5.97 Å². The monoisotopic (exact) mass is 525 g/mol. The summed E-state index contributed by atoms with van der Waals surface area (Å²) in [6.45, 7) is 6.13. The average Bonchev–Trinajstić information content (AvgIpc) is 3.10. The zero-order chi connectivity index (χ0) is 23.8. The number of anilines is 1. The van der Waals surface area contributed by atoms with Gasteiger partial charge in [0, 0.05) is 24.5 Å². The maximum absolute atomic E-state index is 12.8. The molecular weight excluding hydrogens is 501 g/mol. The minimum absolute atomic E-state index is 0.0996. The molecule has 33 heavy (non-hydrogen) atoms. The van der Waals surface area contributed by atoms with Crippen molar-refractivity contribution in [1.29, 1.82) is 0 Å². The van der Waals surface area contributed by atoms with Crippen LogP contribution in [0.2, 0.25) is 0 Å². The van der Waals surface area contributed by atoms with E-state index in [1.807, 2.05) is 18.2 Å². The second-order valence-electron chi connectivity index (χ2n) is 8.50. The van der Waals surface area contributed by atoms with Crippen LogP contribution < -0.4 is 10.6 Å². The number of alkyl halides is 2. The molecule has 2 N–H and O–H groups in total. The Morgan fingerprint density at radius 1 is 1.27 bits per heavy atom. The summed E-state index contributed by atoms with van der Waals surface area (Å²) in [7, 11) is 0. The third-order valence-electron chi connectivity index (χ3n) is 6.08. The molecule has 2 heterocycles. The number of carbonyl (C=O) groups is 2. The first-order chi connectivity index (χ1) is 15.6. The highest BCUT2D eigenvalue weighted by Crippen LogP contribution is 2.63. The molecule has 1 atom stereocenters. The van der Waals surface area contributed by atoms with Crippen molar-refractivity contribution in [1.82, 2.24) is 10.2 Å². The molecule has 1 aromatic heterocycles. The first-order valence-electron chi connectivity index (χ1n) is 10.7. The molecule has 0 radical (unpaired) electrons. The number of carbonyl (C=O) groups excluding carboxylic acids is 2. The molecule has 1 saturated carbocycles. The van der Waals surface area contributed by atoms with E-state index in [0.29, 0.717) is 17.0 Å². The molecule has 1 fully saturated rings. The van der Waals surface area contributed by atoms with E-state index in [-0.39, 0.29) is 17.6 Å². The Balaban J connectivity index is 1.51. The van der Waals surface area contributed by atoms with Crippen LogP contribution in [0.25, 0.3) is 0 Å². The summed E-state index contributed by atoms with van der Waals surface area (Å²) < 4.78 is 4.23. The molecule has 0 saturated heterocycles. The molecule has 1 unspecified atom stereocenters. The van der Waals surface area contributed by atoms with Crippen LogP contribution in [0.15, 0.2) is 30.3 Å². The summed E-state index contributed by atoms with van der Waals surface area (Å²) in [6.07, 6.45) is 1.09. The van der Waals surface area contributed by atoms with Gasteiger partial charge in [0.15, 0.2) is 5.11 Å². The van der Waals surface area contributed by atoms with Gasteiger partial charge in [-0.05, 0) is 50.0 Å². The second kappa shape index (κ2) is 9.50. The predicted molar refractivity (Wildman–Crippen MR) is 136 cm³/mol. The Kier molecular flexibility index (Phi) is 7.03. The van der Waals surface area contributed by atoms with Crippen LogP contribution >= 0.6 is 46.8 Å². The van der Waals surface area contributed by atoms with Gasteiger partial charge in [-0.1, -0.05) is 30.3 Å². The summed E-state index contributed by atoms with van der Waals surface area (Å²) in [5, 5.41) is 6.38. The number of thiophene rings is 1. The fourth-order valence-corrected chi connectivity index (χ4v) is 6.21. The number of esters is 1. The normalized spacial score (nSPS) is 21.1. The number of nitrogens with one attached hydrogen (secondary N) is 2. The number of benzene rings is 1. The van der Waals surface area contributed by atoms with E-state index in [9.17, 15) is 9.59 Å². The van der Waals surface area contributed by atoms with E-state index in [4.69, 9.17) is 40.2 Å². The molecular formula is C23H25Cl2N3O3S2. The Hall–Kier alpha value is -1.71. The largest absolute Gasteiger partial charge is 0.462 e. The minimum Gasteiger partial charge on any atom is -0.462 e. The summed E-state index contributed by atoms with van der Waals surface area (Å²) in [5.74, 6) is -0.740. The van der Waals surface area contributed by atoms with Crippen LogP contribution in [0, 0.1) is 5.41 Å². The number of hydrogen-bond acceptors (Lipinski definition) is 6. The first kappa shape index (κ1) is 24.4. The van der Waals surface area contributed by atoms with Crippen molar-refractivity contribution in [3.8, 4) is 0 Å². The van der Waals surface area contributed by atoms with E-state index in [1.54, 1.807) is 13.8 Å². The zero-order valence-electron chi connectivity index (χ0n) is 18.4. The van der Waals surface area contributed by atoms with Gasteiger partial charge in [-0.15, -0.1) is 34.5 Å². The van der Waals surface area contributed by atoms with Crippen molar-refractivity contribution in [3.63, 3.8) is 0 Å². The molecule has 1 aliphatic carbocycles. The third kappa shape index (κ3) is 5.05. The van der Waals surface area contributed by atoms with E-state index in [1.165, 1.54) is 16.9 Å². The Morgan fingerprint density at radius 3 is 2.61 bits per heavy atom. The van der Waals surface area contributed by atoms with Crippen molar-refractivity contribution in [2.45, 2.75) is 44.1 Å². The first-order valence-corrected chi connectivity index (χ1v) is 12.7. The molecule has 1 aromatic carbocycles. The van der Waals surface area contributed by atoms with Gasteiger partial charge in [-0.2, -0.15) is 0 Å². The van der Waals surface area contributed by atoms with Crippen molar-refractivity contribution < 1.29 is 14.3 Å². The fraction of sp³-hybridized carbons (Fsp3) is 0.435. The lowest BCUT2D eigenvalue weighted by molar-refractivity contribution is -0.124. The molecule has 4 rings (SSSR count). The lowest BCUT2D eigenvalue weighted by Crippen LogP contribution is -2.40. The highest BCUT2D eigenvalue weighted by molar-refractivity contribution is 7.80. The van der Waals surface area contributed by atoms with Crippen LogP contribution in [0.5, 0.6) is 0 Å². The number of halogens is 2. The fourth-order valence-electron chi connectivity index (χ4n) is 3.96. The van der Waals surface area contributed by atoms with Crippen molar-refractivity contribution in [3.05, 3.63) is 51.9 Å². The molecule has 2 aromatic rings. The SMILES string of the molecule is CCOC(=O)c1c(NC(=S)NC(=O)C2(C)CC2(Cl)Cl)sc2c1CCN(Cc1ccccc1)C2. The van der Waals surface area contributed by atoms with Crippen LogP contribution in [-0.4, -0.2) is 39.4 Å². The number of ether oxygens (including phenoxy) is 1. The topological polar surface area (TPSA) is 70.7 Å². The number of rotatable bonds is 6. The lowest BCUT2D eigenvalue weighted by Gasteiger charge is -2.27. The highest BCUT2D eigenvalue weighted by Gasteiger charge is 2.68. The second-order valence-corrected chi connectivity index (χ2v) is 11.5. The Bertz CT molecular complexity index is 1090. The average molecular weight is 527 g/mol. The van der Waals surface area contributed by atoms with Gasteiger partial charge in [0.25, 0.3) is 0 Å². The molecule has 0 spiro atoms. The van der Waals surface area contributed by atoms with Crippen molar-refractivity contribution in [2.24, 2.45) is 5.41 Å². The number of nitrogens with zero attached hydrogens (tertiary/aromatic N) is 1. The predicted octanol–water partition coefficient (Wildman–Crippen LogP) is 4.88. The number of hydrogen-bond donors (Lipinski definition) is 2. The molecule has 6 nitrogen and oxygen atoms in total. The molecule has 2 aliphatic rings. The summed E-state index contributed by atoms with van der Waals surface area (Å²) in [4.78, 5) is 28.8. The van der Waals surface area contributed by atoms with E-state index < -0.39 is 15.7 Å². The quantitative estimate of drug-likeness (QED) is 0.318. The van der Waals surface area contributed by atoms with Crippen molar-refractivity contribution >= 4 is 68.7 Å². The van der Waals surface area contributed by atoms with E-state index >= 15 is 0 Å². The van der Waals surface area contributed by atoms with Gasteiger partial charge in [-0.25, -0.2) is 4.79 Å². The smallest absolute Gasteiger partial charge is 0.341 e. The van der Waals surface area contributed by atoms with Crippen LogP contribution in [0.1, 0.15) is 46.6 Å². The maximum atomic E-state index is 12.8. The van der Waals surface area contributed by atoms with Crippen molar-refractivity contribution in [2.75, 3.05) is 18.5 Å².